The molecule has 18 heavy (non-hydrogen) atoms. The van der Waals surface area contributed by atoms with Crippen LogP contribution in [0.5, 0.6) is 0 Å². The van der Waals surface area contributed by atoms with E-state index in [4.69, 9.17) is 16.7 Å². The van der Waals surface area contributed by atoms with Gasteiger partial charge in [0, 0.05) is 12.4 Å². The van der Waals surface area contributed by atoms with Crippen LogP contribution in [0.4, 0.5) is 5.82 Å². The van der Waals surface area contributed by atoms with Crippen molar-refractivity contribution < 1.29 is 9.90 Å². The van der Waals surface area contributed by atoms with Crippen molar-refractivity contribution in [2.24, 2.45) is 0 Å². The number of aromatic nitrogens is 2. The summed E-state index contributed by atoms with van der Waals surface area (Å²) >= 11 is 7.31. The molecule has 0 atom stereocenters. The Morgan fingerprint density at radius 2 is 2.33 bits per heavy atom. The van der Waals surface area contributed by atoms with Crippen LogP contribution in [0.3, 0.4) is 0 Å². The summed E-state index contributed by atoms with van der Waals surface area (Å²) in [4.78, 5) is 21.0. The van der Waals surface area contributed by atoms with Gasteiger partial charge in [-0.2, -0.15) is 0 Å². The molecule has 0 aliphatic rings. The summed E-state index contributed by atoms with van der Waals surface area (Å²) in [5, 5.41) is 11.0. The molecule has 0 radical (unpaired) electrons. The summed E-state index contributed by atoms with van der Waals surface area (Å²) in [7, 11) is 1.81. The maximum absolute atomic E-state index is 10.9. The highest BCUT2D eigenvalue weighted by Crippen LogP contribution is 2.19. The monoisotopic (exact) mass is 283 g/mol. The average molecular weight is 284 g/mol. The zero-order valence-electron chi connectivity index (χ0n) is 9.50. The second kappa shape index (κ2) is 5.32. The standard InChI is InChI=1S/C11H10ClN3O2S/c1-15(4-8-5-18-6-13-8)10-3-7(11(16)17)2-9(12)14-10/h2-3,5-6H,4H2,1H3,(H,16,17). The van der Waals surface area contributed by atoms with E-state index in [0.29, 0.717) is 12.4 Å². The van der Waals surface area contributed by atoms with E-state index in [1.165, 1.54) is 23.5 Å². The molecule has 0 saturated heterocycles. The first-order valence-electron chi connectivity index (χ1n) is 5.05. The van der Waals surface area contributed by atoms with E-state index in [2.05, 4.69) is 9.97 Å². The maximum atomic E-state index is 10.9. The van der Waals surface area contributed by atoms with Gasteiger partial charge in [0.1, 0.15) is 11.0 Å². The lowest BCUT2D eigenvalue weighted by atomic mass is 10.2. The summed E-state index contributed by atoms with van der Waals surface area (Å²) in [5.74, 6) is -0.518. The lowest BCUT2D eigenvalue weighted by Crippen LogP contribution is -2.18. The fraction of sp³-hybridized carbons (Fsp3) is 0.182. The highest BCUT2D eigenvalue weighted by Gasteiger charge is 2.11. The van der Waals surface area contributed by atoms with Crippen molar-refractivity contribution in [1.82, 2.24) is 9.97 Å². The molecule has 5 nitrogen and oxygen atoms in total. The second-order valence-electron chi connectivity index (χ2n) is 3.68. The Hall–Kier alpha value is -1.66. The minimum atomic E-state index is -1.03. The summed E-state index contributed by atoms with van der Waals surface area (Å²) in [5.41, 5.74) is 2.77. The van der Waals surface area contributed by atoms with E-state index in [1.54, 1.807) is 10.4 Å². The molecule has 0 aliphatic heterocycles. The number of aromatic carboxylic acids is 1. The average Bonchev–Trinajstić information content (AvgIpc) is 2.80. The molecule has 1 N–H and O–H groups in total. The van der Waals surface area contributed by atoms with Crippen molar-refractivity contribution in [3.05, 3.63) is 39.4 Å². The van der Waals surface area contributed by atoms with E-state index in [0.717, 1.165) is 5.69 Å². The second-order valence-corrected chi connectivity index (χ2v) is 4.78. The van der Waals surface area contributed by atoms with Crippen molar-refractivity contribution in [3.8, 4) is 0 Å². The third kappa shape index (κ3) is 2.96. The smallest absolute Gasteiger partial charge is 0.335 e. The van der Waals surface area contributed by atoms with Gasteiger partial charge < -0.3 is 10.0 Å². The van der Waals surface area contributed by atoms with Crippen LogP contribution in [0.25, 0.3) is 0 Å². The molecule has 0 fully saturated rings. The van der Waals surface area contributed by atoms with Crippen LogP contribution in [0.1, 0.15) is 16.1 Å². The molecule has 94 valence electrons. The number of carboxylic acid groups (broad SMARTS) is 1. The zero-order chi connectivity index (χ0) is 13.1. The Labute approximate surface area is 113 Å². The Balaban J connectivity index is 2.24. The van der Waals surface area contributed by atoms with Gasteiger partial charge in [-0.3, -0.25) is 0 Å². The topological polar surface area (TPSA) is 66.3 Å². The number of anilines is 1. The number of nitrogens with zero attached hydrogens (tertiary/aromatic N) is 3. The van der Waals surface area contributed by atoms with Crippen molar-refractivity contribution >= 4 is 34.7 Å². The van der Waals surface area contributed by atoms with Crippen LogP contribution in [-0.4, -0.2) is 28.1 Å². The van der Waals surface area contributed by atoms with Crippen LogP contribution in [0.2, 0.25) is 5.15 Å². The van der Waals surface area contributed by atoms with E-state index >= 15 is 0 Å². The molecule has 2 rings (SSSR count). The summed E-state index contributed by atoms with van der Waals surface area (Å²) < 4.78 is 0. The molecule has 0 saturated carbocycles. The number of thiazole rings is 1. The number of hydrogen-bond acceptors (Lipinski definition) is 5. The van der Waals surface area contributed by atoms with Crippen molar-refractivity contribution in [2.45, 2.75) is 6.54 Å². The first kappa shape index (κ1) is 12.8. The maximum Gasteiger partial charge on any atom is 0.335 e. The predicted octanol–water partition coefficient (Wildman–Crippen LogP) is 2.53. The number of carbonyl (C=O) groups is 1. The predicted molar refractivity (Wildman–Crippen MR) is 70.4 cm³/mol. The van der Waals surface area contributed by atoms with Crippen LogP contribution in [0.15, 0.2) is 23.0 Å². The molecule has 2 heterocycles. The molecular weight excluding hydrogens is 274 g/mol. The van der Waals surface area contributed by atoms with Gasteiger partial charge in [0.05, 0.1) is 23.3 Å². The molecular formula is C11H10ClN3O2S. The molecule has 0 bridgehead atoms. The van der Waals surface area contributed by atoms with Crippen molar-refractivity contribution in [2.75, 3.05) is 11.9 Å². The summed E-state index contributed by atoms with van der Waals surface area (Å²) in [6.07, 6.45) is 0. The van der Waals surface area contributed by atoms with Gasteiger partial charge in [0.15, 0.2) is 0 Å². The molecule has 0 aromatic carbocycles. The lowest BCUT2D eigenvalue weighted by Gasteiger charge is -2.17. The third-order valence-electron chi connectivity index (χ3n) is 2.30. The first-order valence-corrected chi connectivity index (χ1v) is 6.37. The minimum absolute atomic E-state index is 0.120. The Bertz CT molecular complexity index is 559. The van der Waals surface area contributed by atoms with Crippen LogP contribution >= 0.6 is 22.9 Å². The van der Waals surface area contributed by atoms with Crippen molar-refractivity contribution in [1.29, 1.82) is 0 Å². The number of pyridine rings is 1. The zero-order valence-corrected chi connectivity index (χ0v) is 11.1. The number of hydrogen-bond donors (Lipinski definition) is 1. The highest BCUT2D eigenvalue weighted by atomic mass is 35.5. The summed E-state index contributed by atoms with van der Waals surface area (Å²) in [6, 6.07) is 2.81. The van der Waals surface area contributed by atoms with Gasteiger partial charge in [-0.25, -0.2) is 14.8 Å². The molecule has 0 spiro atoms. The van der Waals surface area contributed by atoms with Gasteiger partial charge in [-0.1, -0.05) is 11.6 Å². The number of halogens is 1. The number of rotatable bonds is 4. The summed E-state index contributed by atoms with van der Waals surface area (Å²) in [6.45, 7) is 0.551. The molecule has 0 unspecified atom stereocenters. The Morgan fingerprint density at radius 1 is 1.56 bits per heavy atom. The van der Waals surface area contributed by atoms with Gasteiger partial charge in [0.2, 0.25) is 0 Å². The number of carboxylic acids is 1. The molecule has 0 amide bonds. The van der Waals surface area contributed by atoms with Gasteiger partial charge in [-0.15, -0.1) is 11.3 Å². The molecule has 2 aromatic heterocycles. The fourth-order valence-electron chi connectivity index (χ4n) is 1.44. The first-order chi connectivity index (χ1) is 8.56. The van der Waals surface area contributed by atoms with E-state index in [-0.39, 0.29) is 10.7 Å². The quantitative estimate of drug-likeness (QED) is 0.874. The van der Waals surface area contributed by atoms with E-state index in [9.17, 15) is 4.79 Å². The lowest BCUT2D eigenvalue weighted by molar-refractivity contribution is 0.0697. The largest absolute Gasteiger partial charge is 0.478 e. The van der Waals surface area contributed by atoms with Gasteiger partial charge >= 0.3 is 5.97 Å². The van der Waals surface area contributed by atoms with Crippen molar-refractivity contribution in [3.63, 3.8) is 0 Å². The van der Waals surface area contributed by atoms with Crippen LogP contribution < -0.4 is 4.90 Å². The third-order valence-corrected chi connectivity index (χ3v) is 3.13. The van der Waals surface area contributed by atoms with E-state index in [1.807, 2.05) is 12.4 Å². The molecule has 7 heteroatoms. The normalized spacial score (nSPS) is 10.3. The minimum Gasteiger partial charge on any atom is -0.478 e. The van der Waals surface area contributed by atoms with Gasteiger partial charge in [0.25, 0.3) is 0 Å². The van der Waals surface area contributed by atoms with Gasteiger partial charge in [-0.05, 0) is 12.1 Å². The SMILES string of the molecule is CN(Cc1cscn1)c1cc(C(=O)O)cc(Cl)n1. The van der Waals surface area contributed by atoms with E-state index < -0.39 is 5.97 Å². The van der Waals surface area contributed by atoms with Crippen LogP contribution in [0, 0.1) is 0 Å². The van der Waals surface area contributed by atoms with Crippen LogP contribution in [-0.2, 0) is 6.54 Å². The Kier molecular flexibility index (Phi) is 3.78. The molecule has 2 aromatic rings. The highest BCUT2D eigenvalue weighted by molar-refractivity contribution is 7.07. The molecule has 0 aliphatic carbocycles. The Morgan fingerprint density at radius 3 is 2.94 bits per heavy atom. The fourth-order valence-corrected chi connectivity index (χ4v) is 2.20.